The van der Waals surface area contributed by atoms with Crippen molar-refractivity contribution in [3.63, 3.8) is 0 Å². The lowest BCUT2D eigenvalue weighted by Gasteiger charge is -1.96. The van der Waals surface area contributed by atoms with Crippen LogP contribution in [0.25, 0.3) is 0 Å². The number of anilines is 2. The smallest absolute Gasteiger partial charge is 0.150 e. The van der Waals surface area contributed by atoms with E-state index < -0.39 is 0 Å². The molecule has 0 aliphatic rings. The Hall–Kier alpha value is -1.32. The molecule has 0 aromatic carbocycles. The fraction of sp³-hybridized carbons (Fsp3) is 0.200. The van der Waals surface area contributed by atoms with Crippen LogP contribution in [0.5, 0.6) is 0 Å². The fourth-order valence-corrected chi connectivity index (χ4v) is 0.497. The van der Waals surface area contributed by atoms with Crippen LogP contribution in [0.1, 0.15) is 5.82 Å². The van der Waals surface area contributed by atoms with Crippen molar-refractivity contribution in [2.24, 2.45) is 0 Å². The Balaban J connectivity index is 3.17. The van der Waals surface area contributed by atoms with Gasteiger partial charge >= 0.3 is 0 Å². The molecule has 0 fully saturated rings. The molecule has 1 aromatic heterocycles. The summed E-state index contributed by atoms with van der Waals surface area (Å²) < 4.78 is 0. The van der Waals surface area contributed by atoms with Gasteiger partial charge in [0.15, 0.2) is 0 Å². The van der Waals surface area contributed by atoms with Gasteiger partial charge in [-0.25, -0.2) is 9.97 Å². The van der Waals surface area contributed by atoms with Crippen LogP contribution in [0.3, 0.4) is 0 Å². The summed E-state index contributed by atoms with van der Waals surface area (Å²) in [6.45, 7) is 1.76. The number of nitrogen functional groups attached to an aromatic ring is 2. The van der Waals surface area contributed by atoms with Gasteiger partial charge in [0, 0.05) is 0 Å². The molecule has 1 aromatic rings. The predicted octanol–water partition coefficient (Wildman–Crippen LogP) is -0.0506. The van der Waals surface area contributed by atoms with Crippen molar-refractivity contribution in [2.75, 3.05) is 11.5 Å². The topological polar surface area (TPSA) is 77.8 Å². The zero-order valence-electron chi connectivity index (χ0n) is 5.13. The fourth-order valence-electron chi connectivity index (χ4n) is 0.497. The maximum absolute atomic E-state index is 5.34. The molecule has 0 saturated heterocycles. The Kier molecular flexibility index (Phi) is 1.22. The summed E-state index contributed by atoms with van der Waals surface area (Å²) in [5, 5.41) is 0. The minimum atomic E-state index is 0.350. The summed E-state index contributed by atoms with van der Waals surface area (Å²) >= 11 is 0. The van der Waals surface area contributed by atoms with Crippen molar-refractivity contribution in [1.82, 2.24) is 9.97 Å². The van der Waals surface area contributed by atoms with E-state index in [0.29, 0.717) is 17.3 Å². The van der Waals surface area contributed by atoms with Crippen molar-refractivity contribution in [3.8, 4) is 0 Å². The van der Waals surface area contributed by atoms with Crippen molar-refractivity contribution in [2.45, 2.75) is 6.92 Å². The standard InChI is InChI=1S/C5H8N4/c1-3-8-2-4(6)5(7)9-3/h2H,6H2,1H3,(H2,7,8,9). The summed E-state index contributed by atoms with van der Waals surface area (Å²) in [7, 11) is 0. The number of nitrogens with zero attached hydrogens (tertiary/aromatic N) is 2. The normalized spacial score (nSPS) is 9.44. The predicted molar refractivity (Wildman–Crippen MR) is 35.6 cm³/mol. The molecule has 0 saturated carbocycles. The lowest BCUT2D eigenvalue weighted by atomic mass is 10.5. The van der Waals surface area contributed by atoms with Crippen LogP contribution in [0.15, 0.2) is 6.20 Å². The molecule has 4 heteroatoms. The molecule has 0 spiro atoms. The Bertz CT molecular complexity index is 220. The van der Waals surface area contributed by atoms with Crippen LogP contribution >= 0.6 is 0 Å². The van der Waals surface area contributed by atoms with Gasteiger partial charge in [-0.2, -0.15) is 0 Å². The molecule has 0 aliphatic heterocycles. The van der Waals surface area contributed by atoms with Crippen molar-refractivity contribution >= 4 is 11.5 Å². The molecule has 0 unspecified atom stereocenters. The highest BCUT2D eigenvalue weighted by Crippen LogP contribution is 2.06. The average molecular weight is 124 g/mol. The zero-order chi connectivity index (χ0) is 6.85. The first-order valence-electron chi connectivity index (χ1n) is 2.55. The molecule has 1 heterocycles. The quantitative estimate of drug-likeness (QED) is 0.508. The van der Waals surface area contributed by atoms with Gasteiger partial charge in [0.2, 0.25) is 0 Å². The van der Waals surface area contributed by atoms with E-state index in [1.54, 1.807) is 6.92 Å². The number of rotatable bonds is 0. The first-order valence-corrected chi connectivity index (χ1v) is 2.55. The molecular formula is C5H8N4. The van der Waals surface area contributed by atoms with Crippen LogP contribution < -0.4 is 11.5 Å². The van der Waals surface area contributed by atoms with E-state index in [1.807, 2.05) is 0 Å². The van der Waals surface area contributed by atoms with Crippen LogP contribution in [-0.4, -0.2) is 9.97 Å². The van der Waals surface area contributed by atoms with Gasteiger partial charge in [0.05, 0.1) is 11.9 Å². The summed E-state index contributed by atoms with van der Waals surface area (Å²) in [6.07, 6.45) is 1.50. The van der Waals surface area contributed by atoms with E-state index in [9.17, 15) is 0 Å². The van der Waals surface area contributed by atoms with E-state index in [4.69, 9.17) is 11.5 Å². The maximum atomic E-state index is 5.34. The van der Waals surface area contributed by atoms with Gasteiger partial charge in [-0.05, 0) is 6.92 Å². The Morgan fingerprint density at radius 3 is 2.56 bits per heavy atom. The third-order valence-corrected chi connectivity index (χ3v) is 0.968. The largest absolute Gasteiger partial charge is 0.394 e. The van der Waals surface area contributed by atoms with Gasteiger partial charge in [-0.15, -0.1) is 0 Å². The molecule has 0 atom stereocenters. The number of hydrogen-bond donors (Lipinski definition) is 2. The van der Waals surface area contributed by atoms with Crippen LogP contribution in [0.4, 0.5) is 11.5 Å². The second-order valence-corrected chi connectivity index (χ2v) is 1.76. The van der Waals surface area contributed by atoms with Crippen LogP contribution in [-0.2, 0) is 0 Å². The summed E-state index contributed by atoms with van der Waals surface area (Å²) in [5.41, 5.74) is 11.1. The third-order valence-electron chi connectivity index (χ3n) is 0.968. The highest BCUT2D eigenvalue weighted by molar-refractivity contribution is 5.55. The van der Waals surface area contributed by atoms with Crippen molar-refractivity contribution < 1.29 is 0 Å². The van der Waals surface area contributed by atoms with E-state index in [-0.39, 0.29) is 0 Å². The maximum Gasteiger partial charge on any atom is 0.150 e. The summed E-state index contributed by atoms with van der Waals surface area (Å²) in [6, 6.07) is 0. The van der Waals surface area contributed by atoms with E-state index >= 15 is 0 Å². The Labute approximate surface area is 52.9 Å². The second-order valence-electron chi connectivity index (χ2n) is 1.76. The monoisotopic (exact) mass is 124 g/mol. The highest BCUT2D eigenvalue weighted by atomic mass is 15.0. The number of nitrogens with two attached hydrogens (primary N) is 2. The lowest BCUT2D eigenvalue weighted by molar-refractivity contribution is 1.06. The summed E-state index contributed by atoms with van der Waals surface area (Å²) in [4.78, 5) is 7.64. The lowest BCUT2D eigenvalue weighted by Crippen LogP contribution is -2.00. The first-order chi connectivity index (χ1) is 4.20. The molecule has 9 heavy (non-hydrogen) atoms. The minimum Gasteiger partial charge on any atom is -0.394 e. The Morgan fingerprint density at radius 2 is 2.11 bits per heavy atom. The molecule has 0 aliphatic carbocycles. The van der Waals surface area contributed by atoms with E-state index in [1.165, 1.54) is 6.20 Å². The number of hydrogen-bond acceptors (Lipinski definition) is 4. The second kappa shape index (κ2) is 1.89. The molecule has 1 rings (SSSR count). The number of aromatic nitrogens is 2. The molecular weight excluding hydrogens is 116 g/mol. The van der Waals surface area contributed by atoms with Gasteiger partial charge < -0.3 is 11.5 Å². The molecule has 48 valence electrons. The molecule has 0 bridgehead atoms. The molecule has 4 nitrogen and oxygen atoms in total. The van der Waals surface area contributed by atoms with E-state index in [2.05, 4.69) is 9.97 Å². The SMILES string of the molecule is Cc1ncc(N)c(N)n1. The van der Waals surface area contributed by atoms with Crippen molar-refractivity contribution in [3.05, 3.63) is 12.0 Å². The Morgan fingerprint density at radius 1 is 1.44 bits per heavy atom. The molecule has 4 N–H and O–H groups in total. The number of aryl methyl sites for hydroxylation is 1. The first kappa shape index (κ1) is 5.81. The average Bonchev–Trinajstić information content (AvgIpc) is 1.80. The van der Waals surface area contributed by atoms with Gasteiger partial charge in [-0.3, -0.25) is 0 Å². The van der Waals surface area contributed by atoms with Gasteiger partial charge in [0.1, 0.15) is 11.6 Å². The highest BCUT2D eigenvalue weighted by Gasteiger charge is 1.93. The third kappa shape index (κ3) is 1.07. The minimum absolute atomic E-state index is 0.350. The van der Waals surface area contributed by atoms with Gasteiger partial charge in [-0.1, -0.05) is 0 Å². The molecule has 0 radical (unpaired) electrons. The zero-order valence-corrected chi connectivity index (χ0v) is 5.13. The molecule has 0 amide bonds. The van der Waals surface area contributed by atoms with Crippen LogP contribution in [0.2, 0.25) is 0 Å². The van der Waals surface area contributed by atoms with E-state index in [0.717, 1.165) is 0 Å². The van der Waals surface area contributed by atoms with Crippen LogP contribution in [0, 0.1) is 6.92 Å². The summed E-state index contributed by atoms with van der Waals surface area (Å²) in [5.74, 6) is 0.990. The van der Waals surface area contributed by atoms with Crippen molar-refractivity contribution in [1.29, 1.82) is 0 Å². The van der Waals surface area contributed by atoms with Gasteiger partial charge in [0.25, 0.3) is 0 Å².